The molecule has 0 aliphatic rings. The first kappa shape index (κ1) is 15.5. The van der Waals surface area contributed by atoms with E-state index >= 15 is 0 Å². The molecule has 0 saturated carbocycles. The Bertz CT molecular complexity index is 597. The summed E-state index contributed by atoms with van der Waals surface area (Å²) in [7, 11) is 0. The van der Waals surface area contributed by atoms with Crippen molar-refractivity contribution in [1.29, 1.82) is 0 Å². The van der Waals surface area contributed by atoms with Crippen LogP contribution in [0.15, 0.2) is 35.1 Å². The molecule has 0 aliphatic carbocycles. The maximum atomic E-state index is 11.7. The number of hydrogen-bond donors (Lipinski definition) is 1. The largest absolute Gasteiger partial charge is 0.449 e. The van der Waals surface area contributed by atoms with Crippen LogP contribution in [0.1, 0.15) is 20.3 Å². The van der Waals surface area contributed by atoms with Gasteiger partial charge in [0.25, 0.3) is 5.91 Å². The van der Waals surface area contributed by atoms with Crippen LogP contribution in [-0.2, 0) is 4.79 Å². The van der Waals surface area contributed by atoms with Gasteiger partial charge in [0.2, 0.25) is 0 Å². The van der Waals surface area contributed by atoms with Crippen molar-refractivity contribution < 1.29 is 9.53 Å². The van der Waals surface area contributed by atoms with Gasteiger partial charge in [0.15, 0.2) is 6.10 Å². The number of amides is 1. The monoisotopic (exact) mass is 352 g/mol. The fourth-order valence-electron chi connectivity index (χ4n) is 1.62. The van der Waals surface area contributed by atoms with Gasteiger partial charge in [0.05, 0.1) is 5.69 Å². The highest BCUT2D eigenvalue weighted by Crippen LogP contribution is 2.14. The highest BCUT2D eigenvalue weighted by atomic mass is 79.9. The van der Waals surface area contributed by atoms with E-state index in [1.54, 1.807) is 17.9 Å². The Morgan fingerprint density at radius 3 is 2.81 bits per heavy atom. The van der Waals surface area contributed by atoms with E-state index < -0.39 is 6.10 Å². The second kappa shape index (κ2) is 7.21. The summed E-state index contributed by atoms with van der Waals surface area (Å²) in [4.78, 5) is 15.8. The summed E-state index contributed by atoms with van der Waals surface area (Å²) >= 11 is 3.38. The van der Waals surface area contributed by atoms with Gasteiger partial charge in [0, 0.05) is 11.0 Å². The molecule has 0 bridgehead atoms. The van der Waals surface area contributed by atoms with Gasteiger partial charge in [-0.2, -0.15) is 4.98 Å². The second-order valence-electron chi connectivity index (χ2n) is 4.50. The molecule has 1 N–H and O–H groups in total. The first-order valence-corrected chi connectivity index (χ1v) is 7.51. The first-order chi connectivity index (χ1) is 10.1. The molecule has 0 fully saturated rings. The van der Waals surface area contributed by atoms with E-state index in [1.807, 2.05) is 31.2 Å². The number of carbonyl (C=O) groups is 1. The summed E-state index contributed by atoms with van der Waals surface area (Å²) < 4.78 is 8.02. The number of benzene rings is 1. The maximum absolute atomic E-state index is 11.7. The number of aromatic nitrogens is 3. The van der Waals surface area contributed by atoms with Gasteiger partial charge >= 0.3 is 6.01 Å². The van der Waals surface area contributed by atoms with Gasteiger partial charge in [-0.05, 0) is 37.6 Å². The van der Waals surface area contributed by atoms with Crippen molar-refractivity contribution >= 4 is 21.8 Å². The number of hydrogen-bond acceptors (Lipinski definition) is 4. The number of ether oxygens (including phenoxy) is 1. The summed E-state index contributed by atoms with van der Waals surface area (Å²) in [5, 5.41) is 6.97. The van der Waals surface area contributed by atoms with E-state index in [9.17, 15) is 4.79 Å². The van der Waals surface area contributed by atoms with Crippen LogP contribution in [0.25, 0.3) is 5.69 Å². The van der Waals surface area contributed by atoms with Crippen LogP contribution in [0, 0.1) is 0 Å². The number of nitrogens with one attached hydrogen (secondary N) is 1. The van der Waals surface area contributed by atoms with E-state index in [-0.39, 0.29) is 11.9 Å². The fourth-order valence-corrected chi connectivity index (χ4v) is 1.89. The number of carbonyl (C=O) groups excluding carboxylic acids is 1. The van der Waals surface area contributed by atoms with Crippen molar-refractivity contribution in [2.75, 3.05) is 6.54 Å². The molecular formula is C14H17BrN4O2. The van der Waals surface area contributed by atoms with Crippen LogP contribution in [-0.4, -0.2) is 33.3 Å². The van der Waals surface area contributed by atoms with Crippen LogP contribution in [0.2, 0.25) is 0 Å². The molecule has 112 valence electrons. The molecule has 6 nitrogen and oxygen atoms in total. The zero-order chi connectivity index (χ0) is 15.2. The molecule has 2 aromatic rings. The van der Waals surface area contributed by atoms with Crippen molar-refractivity contribution in [1.82, 2.24) is 20.1 Å². The van der Waals surface area contributed by atoms with Crippen molar-refractivity contribution in [2.45, 2.75) is 26.4 Å². The van der Waals surface area contributed by atoms with Gasteiger partial charge < -0.3 is 10.1 Å². The zero-order valence-corrected chi connectivity index (χ0v) is 13.5. The lowest BCUT2D eigenvalue weighted by Gasteiger charge is -2.11. The van der Waals surface area contributed by atoms with E-state index in [1.165, 1.54) is 0 Å². The van der Waals surface area contributed by atoms with Crippen LogP contribution >= 0.6 is 15.9 Å². The summed E-state index contributed by atoms with van der Waals surface area (Å²) in [5.41, 5.74) is 0.864. The molecule has 0 saturated heterocycles. The van der Waals surface area contributed by atoms with Gasteiger partial charge in [0.1, 0.15) is 6.33 Å². The normalized spacial score (nSPS) is 12.0. The van der Waals surface area contributed by atoms with Gasteiger partial charge in [-0.25, -0.2) is 4.68 Å². The third kappa shape index (κ3) is 4.29. The number of halogens is 1. The highest BCUT2D eigenvalue weighted by molar-refractivity contribution is 9.10. The van der Waals surface area contributed by atoms with Gasteiger partial charge in [-0.15, -0.1) is 5.10 Å². The van der Waals surface area contributed by atoms with E-state index in [4.69, 9.17) is 4.74 Å². The summed E-state index contributed by atoms with van der Waals surface area (Å²) in [6, 6.07) is 7.81. The molecule has 1 atom stereocenters. The van der Waals surface area contributed by atoms with Crippen LogP contribution in [0.4, 0.5) is 0 Å². The summed E-state index contributed by atoms with van der Waals surface area (Å²) in [6.07, 6.45) is 1.81. The van der Waals surface area contributed by atoms with Crippen LogP contribution < -0.4 is 10.1 Å². The second-order valence-corrected chi connectivity index (χ2v) is 5.41. The molecule has 7 heteroatoms. The quantitative estimate of drug-likeness (QED) is 0.866. The van der Waals surface area contributed by atoms with Gasteiger partial charge in [-0.1, -0.05) is 22.9 Å². The number of nitrogens with zero attached hydrogens (tertiary/aromatic N) is 3. The highest BCUT2D eigenvalue weighted by Gasteiger charge is 2.16. The lowest BCUT2D eigenvalue weighted by atomic mass is 10.3. The molecule has 2 rings (SSSR count). The molecule has 1 amide bonds. The van der Waals surface area contributed by atoms with E-state index in [0.29, 0.717) is 6.54 Å². The minimum absolute atomic E-state index is 0.170. The van der Waals surface area contributed by atoms with Crippen molar-refractivity contribution in [3.8, 4) is 11.7 Å². The van der Waals surface area contributed by atoms with Crippen LogP contribution in [0.5, 0.6) is 6.01 Å². The van der Waals surface area contributed by atoms with E-state index in [2.05, 4.69) is 31.3 Å². The Kier molecular flexibility index (Phi) is 5.32. The molecule has 1 aromatic heterocycles. The molecule has 21 heavy (non-hydrogen) atoms. The smallest absolute Gasteiger partial charge is 0.336 e. The third-order valence-electron chi connectivity index (χ3n) is 2.76. The zero-order valence-electron chi connectivity index (χ0n) is 11.9. The fraction of sp³-hybridized carbons (Fsp3) is 0.357. The summed E-state index contributed by atoms with van der Waals surface area (Å²) in [5.74, 6) is -0.170. The Morgan fingerprint density at radius 1 is 1.43 bits per heavy atom. The predicted molar refractivity (Wildman–Crippen MR) is 82.4 cm³/mol. The topological polar surface area (TPSA) is 69.0 Å². The summed E-state index contributed by atoms with van der Waals surface area (Å²) in [6.45, 7) is 4.30. The Labute approximate surface area is 131 Å². The number of rotatable bonds is 6. The molecular weight excluding hydrogens is 336 g/mol. The molecule has 1 aromatic carbocycles. The SMILES string of the molecule is CCCNC(=O)C(C)Oc1ncn(-c2ccc(Br)cc2)n1. The molecule has 0 spiro atoms. The van der Waals surface area contributed by atoms with Crippen molar-refractivity contribution in [3.05, 3.63) is 35.1 Å². The van der Waals surface area contributed by atoms with Gasteiger partial charge in [-0.3, -0.25) is 4.79 Å². The van der Waals surface area contributed by atoms with Crippen molar-refractivity contribution in [2.24, 2.45) is 0 Å². The van der Waals surface area contributed by atoms with E-state index in [0.717, 1.165) is 16.6 Å². The average Bonchev–Trinajstić information content (AvgIpc) is 2.93. The van der Waals surface area contributed by atoms with Crippen LogP contribution in [0.3, 0.4) is 0 Å². The standard InChI is InChI=1S/C14H17BrN4O2/c1-3-8-16-13(20)10(2)21-14-17-9-19(18-14)12-6-4-11(15)5-7-12/h4-7,9-10H,3,8H2,1-2H3,(H,16,20). The maximum Gasteiger partial charge on any atom is 0.336 e. The predicted octanol–water partition coefficient (Wildman–Crippen LogP) is 2.32. The molecule has 1 heterocycles. The molecule has 0 aliphatic heterocycles. The Balaban J connectivity index is 2.00. The van der Waals surface area contributed by atoms with Crippen molar-refractivity contribution in [3.63, 3.8) is 0 Å². The Morgan fingerprint density at radius 2 is 2.14 bits per heavy atom. The lowest BCUT2D eigenvalue weighted by molar-refractivity contribution is -0.127. The lowest BCUT2D eigenvalue weighted by Crippen LogP contribution is -2.36. The third-order valence-corrected chi connectivity index (χ3v) is 3.29. The minimum Gasteiger partial charge on any atom is -0.449 e. The molecule has 0 radical (unpaired) electrons. The first-order valence-electron chi connectivity index (χ1n) is 6.72. The average molecular weight is 353 g/mol. The minimum atomic E-state index is -0.627. The molecule has 1 unspecified atom stereocenters. The Hall–Kier alpha value is -1.89.